The molecule has 5 nitrogen and oxygen atoms in total. The van der Waals surface area contributed by atoms with E-state index >= 15 is 0 Å². The molecule has 0 aliphatic rings. The van der Waals surface area contributed by atoms with Gasteiger partial charge in [0, 0.05) is 12.6 Å². The lowest BCUT2D eigenvalue weighted by atomic mass is 10.1. The fourth-order valence-corrected chi connectivity index (χ4v) is 2.10. The van der Waals surface area contributed by atoms with E-state index in [0.717, 1.165) is 23.6 Å². The predicted octanol–water partition coefficient (Wildman–Crippen LogP) is 3.50. The van der Waals surface area contributed by atoms with Crippen molar-refractivity contribution < 1.29 is 8.91 Å². The van der Waals surface area contributed by atoms with Gasteiger partial charge in [0.05, 0.1) is 18.8 Å². The van der Waals surface area contributed by atoms with E-state index in [9.17, 15) is 4.39 Å². The number of nitrogens with one attached hydrogen (secondary N) is 2. The first-order chi connectivity index (χ1) is 11.5. The second-order valence-corrected chi connectivity index (χ2v) is 6.01. The van der Waals surface area contributed by atoms with Crippen LogP contribution in [-0.2, 0) is 13.1 Å². The molecule has 1 aromatic carbocycles. The zero-order chi connectivity index (χ0) is 17.5. The fourth-order valence-electron chi connectivity index (χ4n) is 2.10. The van der Waals surface area contributed by atoms with Gasteiger partial charge in [-0.05, 0) is 37.0 Å². The second kappa shape index (κ2) is 8.47. The maximum Gasteiger partial charge on any atom is 0.191 e. The molecule has 0 spiro atoms. The number of rotatable bonds is 6. The summed E-state index contributed by atoms with van der Waals surface area (Å²) in [4.78, 5) is 4.48. The van der Waals surface area contributed by atoms with Crippen molar-refractivity contribution in [3.8, 4) is 0 Å². The van der Waals surface area contributed by atoms with Crippen LogP contribution in [-0.4, -0.2) is 17.7 Å². The van der Waals surface area contributed by atoms with Crippen molar-refractivity contribution in [3.63, 3.8) is 0 Å². The number of hydrogen-bond acceptors (Lipinski definition) is 3. The number of aromatic nitrogens is 1. The first-order valence-corrected chi connectivity index (χ1v) is 8.22. The van der Waals surface area contributed by atoms with E-state index in [2.05, 4.69) is 34.6 Å². The lowest BCUT2D eigenvalue weighted by Gasteiger charge is -2.10. The molecule has 24 heavy (non-hydrogen) atoms. The van der Waals surface area contributed by atoms with E-state index in [4.69, 9.17) is 4.52 Å². The summed E-state index contributed by atoms with van der Waals surface area (Å²) in [5.41, 5.74) is 2.40. The third-order valence-corrected chi connectivity index (χ3v) is 3.60. The number of hydrogen-bond donors (Lipinski definition) is 2. The molecule has 2 rings (SSSR count). The Balaban J connectivity index is 1.98. The van der Waals surface area contributed by atoms with Crippen molar-refractivity contribution in [2.75, 3.05) is 6.54 Å². The van der Waals surface area contributed by atoms with Crippen LogP contribution in [0.4, 0.5) is 4.39 Å². The Morgan fingerprint density at radius 1 is 1.29 bits per heavy atom. The van der Waals surface area contributed by atoms with Gasteiger partial charge >= 0.3 is 0 Å². The van der Waals surface area contributed by atoms with E-state index in [1.54, 1.807) is 13.0 Å². The van der Waals surface area contributed by atoms with Crippen molar-refractivity contribution in [1.82, 2.24) is 15.8 Å². The lowest BCUT2D eigenvalue weighted by molar-refractivity contribution is 0.372. The van der Waals surface area contributed by atoms with Gasteiger partial charge in [-0.2, -0.15) is 0 Å². The molecule has 0 saturated carbocycles. The molecule has 6 heteroatoms. The van der Waals surface area contributed by atoms with Gasteiger partial charge in [-0.15, -0.1) is 0 Å². The quantitative estimate of drug-likeness (QED) is 0.628. The summed E-state index contributed by atoms with van der Waals surface area (Å²) in [5.74, 6) is 1.54. The van der Waals surface area contributed by atoms with Crippen LogP contribution in [0, 0.1) is 12.7 Å². The maximum absolute atomic E-state index is 13.6. The molecule has 1 heterocycles. The minimum Gasteiger partial charge on any atom is -0.359 e. The summed E-state index contributed by atoms with van der Waals surface area (Å²) >= 11 is 0. The highest BCUT2D eigenvalue weighted by Crippen LogP contribution is 2.14. The molecule has 0 fully saturated rings. The van der Waals surface area contributed by atoms with Crippen LogP contribution < -0.4 is 10.6 Å². The number of aliphatic imine (C=N–C) groups is 1. The van der Waals surface area contributed by atoms with Crippen LogP contribution in [0.1, 0.15) is 49.3 Å². The van der Waals surface area contributed by atoms with Crippen molar-refractivity contribution in [3.05, 3.63) is 52.7 Å². The minimum atomic E-state index is -0.205. The average Bonchev–Trinajstić information content (AvgIpc) is 3.02. The Bertz CT molecular complexity index is 694. The Hall–Kier alpha value is -2.37. The Kier molecular flexibility index (Phi) is 6.35. The zero-order valence-corrected chi connectivity index (χ0v) is 14.7. The largest absolute Gasteiger partial charge is 0.359 e. The van der Waals surface area contributed by atoms with E-state index in [1.807, 2.05) is 19.1 Å². The Morgan fingerprint density at radius 3 is 2.71 bits per heavy atom. The van der Waals surface area contributed by atoms with Crippen LogP contribution in [0.2, 0.25) is 0 Å². The highest BCUT2D eigenvalue weighted by molar-refractivity contribution is 5.79. The van der Waals surface area contributed by atoms with Gasteiger partial charge in [-0.1, -0.05) is 31.1 Å². The molecule has 0 bridgehead atoms. The molecule has 0 atom stereocenters. The molecular formula is C18H25FN4O. The summed E-state index contributed by atoms with van der Waals surface area (Å²) in [6.07, 6.45) is 0. The van der Waals surface area contributed by atoms with Crippen molar-refractivity contribution in [2.45, 2.75) is 46.7 Å². The maximum atomic E-state index is 13.6. The number of guanidine groups is 1. The molecule has 130 valence electrons. The first kappa shape index (κ1) is 18.0. The van der Waals surface area contributed by atoms with Gasteiger partial charge in [0.2, 0.25) is 0 Å². The molecule has 0 saturated heterocycles. The summed E-state index contributed by atoms with van der Waals surface area (Å²) in [6.45, 7) is 9.52. The van der Waals surface area contributed by atoms with Gasteiger partial charge < -0.3 is 15.2 Å². The fraction of sp³-hybridized carbons (Fsp3) is 0.444. The van der Waals surface area contributed by atoms with E-state index in [1.165, 1.54) is 6.07 Å². The van der Waals surface area contributed by atoms with Gasteiger partial charge in [-0.25, -0.2) is 9.38 Å². The zero-order valence-electron chi connectivity index (χ0n) is 14.7. The number of aryl methyl sites for hydroxylation is 1. The lowest BCUT2D eigenvalue weighted by Crippen LogP contribution is -2.36. The molecular weight excluding hydrogens is 307 g/mol. The van der Waals surface area contributed by atoms with Crippen LogP contribution >= 0.6 is 0 Å². The van der Waals surface area contributed by atoms with Crippen LogP contribution in [0.25, 0.3) is 0 Å². The van der Waals surface area contributed by atoms with Crippen molar-refractivity contribution in [2.24, 2.45) is 4.99 Å². The predicted molar refractivity (Wildman–Crippen MR) is 93.4 cm³/mol. The summed E-state index contributed by atoms with van der Waals surface area (Å²) in [7, 11) is 0. The third-order valence-electron chi connectivity index (χ3n) is 3.60. The summed E-state index contributed by atoms with van der Waals surface area (Å²) in [5, 5.41) is 10.4. The smallest absolute Gasteiger partial charge is 0.191 e. The number of halogens is 1. The normalized spacial score (nSPS) is 11.8. The Labute approximate surface area is 142 Å². The molecule has 0 radical (unpaired) electrons. The van der Waals surface area contributed by atoms with E-state index < -0.39 is 0 Å². The van der Waals surface area contributed by atoms with Crippen molar-refractivity contribution in [1.29, 1.82) is 0 Å². The molecule has 0 aliphatic heterocycles. The van der Waals surface area contributed by atoms with Crippen molar-refractivity contribution >= 4 is 5.96 Å². The third kappa shape index (κ3) is 5.08. The SMILES string of the molecule is CCNC(=NCc1ccc(C)c(F)c1)NCc1cc(C(C)C)no1. The summed E-state index contributed by atoms with van der Waals surface area (Å²) in [6, 6.07) is 7.11. The molecule has 0 amide bonds. The molecule has 0 aliphatic carbocycles. The first-order valence-electron chi connectivity index (χ1n) is 8.22. The molecule has 2 aromatic rings. The van der Waals surface area contributed by atoms with Gasteiger partial charge in [0.15, 0.2) is 11.7 Å². The van der Waals surface area contributed by atoms with E-state index in [-0.39, 0.29) is 5.82 Å². The van der Waals surface area contributed by atoms with Gasteiger partial charge in [0.1, 0.15) is 5.82 Å². The monoisotopic (exact) mass is 332 g/mol. The Morgan fingerprint density at radius 2 is 2.08 bits per heavy atom. The van der Waals surface area contributed by atoms with Crippen LogP contribution in [0.3, 0.4) is 0 Å². The van der Waals surface area contributed by atoms with E-state index in [0.29, 0.717) is 30.5 Å². The average molecular weight is 332 g/mol. The van der Waals surface area contributed by atoms with Crippen LogP contribution in [0.15, 0.2) is 33.8 Å². The molecule has 1 aromatic heterocycles. The second-order valence-electron chi connectivity index (χ2n) is 6.01. The minimum absolute atomic E-state index is 0.205. The van der Waals surface area contributed by atoms with Gasteiger partial charge in [0.25, 0.3) is 0 Å². The molecule has 0 unspecified atom stereocenters. The standard InChI is InChI=1S/C18H25FN4O/c1-5-20-18(21-10-14-7-6-13(4)16(19)8-14)22-11-15-9-17(12(2)3)23-24-15/h6-9,12H,5,10-11H2,1-4H3,(H2,20,21,22). The highest BCUT2D eigenvalue weighted by Gasteiger charge is 2.08. The topological polar surface area (TPSA) is 62.5 Å². The number of nitrogens with zero attached hydrogens (tertiary/aromatic N) is 2. The summed E-state index contributed by atoms with van der Waals surface area (Å²) < 4.78 is 18.9. The van der Waals surface area contributed by atoms with Crippen LogP contribution in [0.5, 0.6) is 0 Å². The molecule has 2 N–H and O–H groups in total. The van der Waals surface area contributed by atoms with Gasteiger partial charge in [-0.3, -0.25) is 0 Å². The number of benzene rings is 1. The highest BCUT2D eigenvalue weighted by atomic mass is 19.1.